The molecule has 0 fully saturated rings. The Kier molecular flexibility index (Phi) is 6.25. The van der Waals surface area contributed by atoms with Crippen LogP contribution < -0.4 is 11.1 Å². The number of carbonyl (C=O) groups excluding carboxylic acids is 1. The molecule has 64 valence electrons. The topological polar surface area (TPSA) is 55.1 Å². The third-order valence-electron chi connectivity index (χ3n) is 0.939. The zero-order valence-corrected chi connectivity index (χ0v) is 8.06. The van der Waals surface area contributed by atoms with Gasteiger partial charge in [0.1, 0.15) is 4.32 Å². The van der Waals surface area contributed by atoms with Gasteiger partial charge in [-0.25, -0.2) is 0 Å². The maximum absolute atomic E-state index is 10.4. The van der Waals surface area contributed by atoms with Gasteiger partial charge in [0.25, 0.3) is 0 Å². The Labute approximate surface area is 76.1 Å². The summed E-state index contributed by atoms with van der Waals surface area (Å²) in [4.78, 5) is 10.4. The van der Waals surface area contributed by atoms with E-state index in [2.05, 4.69) is 17.5 Å². The van der Waals surface area contributed by atoms with Crippen LogP contribution in [-0.4, -0.2) is 22.5 Å². The number of carbonyl (C=O) groups is 1. The van der Waals surface area contributed by atoms with Gasteiger partial charge in [-0.15, -0.1) is 0 Å². The van der Waals surface area contributed by atoms with Crippen molar-refractivity contribution in [3.05, 3.63) is 0 Å². The van der Waals surface area contributed by atoms with Crippen molar-refractivity contribution in [2.45, 2.75) is 13.3 Å². The number of thioether (sulfide) groups is 1. The van der Waals surface area contributed by atoms with Crippen molar-refractivity contribution >= 4 is 34.2 Å². The Morgan fingerprint density at radius 2 is 2.36 bits per heavy atom. The van der Waals surface area contributed by atoms with E-state index in [4.69, 9.17) is 5.73 Å². The fraction of sp³-hybridized carbons (Fsp3) is 0.667. The largest absolute Gasteiger partial charge is 0.385 e. The van der Waals surface area contributed by atoms with Crippen LogP contribution in [0, 0.1) is 0 Å². The number of hydrogen-bond acceptors (Lipinski definition) is 3. The molecule has 0 saturated heterocycles. The highest BCUT2D eigenvalue weighted by atomic mass is 32.2. The van der Waals surface area contributed by atoms with Crippen molar-refractivity contribution in [2.24, 2.45) is 5.73 Å². The fourth-order valence-electron chi connectivity index (χ4n) is 0.509. The molecule has 3 nitrogen and oxygen atoms in total. The van der Waals surface area contributed by atoms with Gasteiger partial charge in [0.2, 0.25) is 5.91 Å². The van der Waals surface area contributed by atoms with Crippen LogP contribution in [0.15, 0.2) is 0 Å². The van der Waals surface area contributed by atoms with Crippen LogP contribution in [0.1, 0.15) is 13.3 Å². The highest BCUT2D eigenvalue weighted by Crippen LogP contribution is 2.00. The van der Waals surface area contributed by atoms with E-state index in [1.54, 1.807) is 0 Å². The van der Waals surface area contributed by atoms with Crippen LogP contribution in [0.5, 0.6) is 0 Å². The van der Waals surface area contributed by atoms with Gasteiger partial charge in [-0.3, -0.25) is 4.79 Å². The summed E-state index contributed by atoms with van der Waals surface area (Å²) in [5.74, 6) is 0.876. The van der Waals surface area contributed by atoms with E-state index in [1.807, 2.05) is 0 Å². The molecule has 0 aliphatic rings. The first-order chi connectivity index (χ1) is 5.13. The molecule has 0 aromatic carbocycles. The second kappa shape index (κ2) is 6.42. The molecule has 0 heterocycles. The minimum absolute atomic E-state index is 0.00493. The second-order valence-electron chi connectivity index (χ2n) is 2.00. The lowest BCUT2D eigenvalue weighted by atomic mass is 10.5. The molecule has 0 unspecified atom stereocenters. The molecular weight excluding hydrogens is 180 g/mol. The Bertz CT molecular complexity index is 134. The molecule has 0 spiro atoms. The van der Waals surface area contributed by atoms with E-state index in [-0.39, 0.29) is 5.91 Å². The van der Waals surface area contributed by atoms with Crippen LogP contribution in [0.25, 0.3) is 0 Å². The van der Waals surface area contributed by atoms with Crippen LogP contribution in [0.4, 0.5) is 0 Å². The predicted octanol–water partition coefficient (Wildman–Crippen LogP) is 0.489. The lowest BCUT2D eigenvalue weighted by Gasteiger charge is -2.00. The summed E-state index contributed by atoms with van der Waals surface area (Å²) in [5, 5.41) is 2.68. The van der Waals surface area contributed by atoms with Gasteiger partial charge >= 0.3 is 0 Å². The summed E-state index contributed by atoms with van der Waals surface area (Å²) >= 11 is 6.09. The standard InChI is InChI=1S/C6H12N2OS2/c1-5(9)8-3-2-4-11-6(7)10/h2-4H2,1H3,(H2,7,10)(H,8,9). The molecule has 0 aliphatic carbocycles. The smallest absolute Gasteiger partial charge is 0.216 e. The SMILES string of the molecule is CC(=O)NCCCSC(N)=S. The van der Waals surface area contributed by atoms with Crippen LogP contribution in [-0.2, 0) is 4.79 Å². The molecule has 0 bridgehead atoms. The molecule has 5 heteroatoms. The van der Waals surface area contributed by atoms with E-state index in [9.17, 15) is 4.79 Å². The van der Waals surface area contributed by atoms with E-state index in [1.165, 1.54) is 18.7 Å². The van der Waals surface area contributed by atoms with Crippen molar-refractivity contribution in [3.63, 3.8) is 0 Å². The Morgan fingerprint density at radius 1 is 1.73 bits per heavy atom. The van der Waals surface area contributed by atoms with E-state index >= 15 is 0 Å². The molecule has 0 aliphatic heterocycles. The highest BCUT2D eigenvalue weighted by molar-refractivity contribution is 8.22. The second-order valence-corrected chi connectivity index (χ2v) is 3.84. The third kappa shape index (κ3) is 9.71. The zero-order valence-electron chi connectivity index (χ0n) is 6.42. The molecule has 0 radical (unpaired) electrons. The van der Waals surface area contributed by atoms with Gasteiger partial charge in [0.05, 0.1) is 0 Å². The van der Waals surface area contributed by atoms with Crippen LogP contribution in [0.3, 0.4) is 0 Å². The van der Waals surface area contributed by atoms with Gasteiger partial charge in [-0.2, -0.15) is 0 Å². The van der Waals surface area contributed by atoms with E-state index in [0.717, 1.165) is 12.2 Å². The minimum Gasteiger partial charge on any atom is -0.385 e. The molecule has 1 amide bonds. The van der Waals surface area contributed by atoms with E-state index in [0.29, 0.717) is 10.9 Å². The number of thiocarbonyl (C=S) groups is 1. The van der Waals surface area contributed by atoms with Crippen LogP contribution in [0.2, 0.25) is 0 Å². The number of hydrogen-bond donors (Lipinski definition) is 2. The predicted molar refractivity (Wildman–Crippen MR) is 52.5 cm³/mol. The molecule has 3 N–H and O–H groups in total. The van der Waals surface area contributed by atoms with Gasteiger partial charge in [-0.1, -0.05) is 24.0 Å². The van der Waals surface area contributed by atoms with Gasteiger partial charge in [0.15, 0.2) is 0 Å². The van der Waals surface area contributed by atoms with Gasteiger partial charge in [0, 0.05) is 19.2 Å². The molecule has 11 heavy (non-hydrogen) atoms. The third-order valence-corrected chi connectivity index (χ3v) is 2.07. The molecule has 0 rings (SSSR count). The summed E-state index contributed by atoms with van der Waals surface area (Å²) in [5.41, 5.74) is 5.24. The molecule has 0 aromatic heterocycles. The lowest BCUT2D eigenvalue weighted by Crippen LogP contribution is -2.21. The maximum Gasteiger partial charge on any atom is 0.216 e. The molecular formula is C6H12N2OS2. The van der Waals surface area contributed by atoms with Gasteiger partial charge in [-0.05, 0) is 6.42 Å². The monoisotopic (exact) mass is 192 g/mol. The first-order valence-electron chi connectivity index (χ1n) is 3.29. The normalized spacial score (nSPS) is 9.18. The zero-order chi connectivity index (χ0) is 8.69. The summed E-state index contributed by atoms with van der Waals surface area (Å²) in [7, 11) is 0. The Balaban J connectivity index is 3.03. The Morgan fingerprint density at radius 3 is 2.82 bits per heavy atom. The van der Waals surface area contributed by atoms with Crippen molar-refractivity contribution in [2.75, 3.05) is 12.3 Å². The lowest BCUT2D eigenvalue weighted by molar-refractivity contribution is -0.118. The maximum atomic E-state index is 10.4. The molecule has 0 saturated carbocycles. The van der Waals surface area contributed by atoms with E-state index < -0.39 is 0 Å². The van der Waals surface area contributed by atoms with Crippen molar-refractivity contribution < 1.29 is 4.79 Å². The Hall–Kier alpha value is -0.290. The van der Waals surface area contributed by atoms with Crippen molar-refractivity contribution in [1.82, 2.24) is 5.32 Å². The summed E-state index contributed by atoms with van der Waals surface area (Å²) < 4.78 is 0.466. The average molecular weight is 192 g/mol. The quantitative estimate of drug-likeness (QED) is 0.503. The number of amides is 1. The first kappa shape index (κ1) is 10.7. The van der Waals surface area contributed by atoms with Crippen molar-refractivity contribution in [1.29, 1.82) is 0 Å². The van der Waals surface area contributed by atoms with Gasteiger partial charge < -0.3 is 11.1 Å². The fourth-order valence-corrected chi connectivity index (χ4v) is 1.25. The average Bonchev–Trinajstić information content (AvgIpc) is 1.85. The molecule has 0 atom stereocenters. The summed E-state index contributed by atoms with van der Waals surface area (Å²) in [6.07, 6.45) is 0.904. The number of rotatable bonds is 4. The summed E-state index contributed by atoms with van der Waals surface area (Å²) in [6, 6.07) is 0. The molecule has 0 aromatic rings. The number of nitrogens with one attached hydrogen (secondary N) is 1. The summed E-state index contributed by atoms with van der Waals surface area (Å²) in [6.45, 7) is 2.20. The number of nitrogens with two attached hydrogens (primary N) is 1. The highest BCUT2D eigenvalue weighted by Gasteiger charge is 1.92. The van der Waals surface area contributed by atoms with Crippen molar-refractivity contribution in [3.8, 4) is 0 Å². The first-order valence-corrected chi connectivity index (χ1v) is 4.69. The minimum atomic E-state index is 0.00493. The van der Waals surface area contributed by atoms with Crippen LogP contribution >= 0.6 is 24.0 Å².